The summed E-state index contributed by atoms with van der Waals surface area (Å²) in [4.78, 5) is 23.6. The van der Waals surface area contributed by atoms with Crippen LogP contribution in [-0.4, -0.2) is 31.6 Å². The molecule has 0 radical (unpaired) electrons. The number of nitrogens with one attached hydrogen (secondary N) is 3. The summed E-state index contributed by atoms with van der Waals surface area (Å²) < 4.78 is 0. The standard InChI is InChI=1S/C22H25N3O2/c1-2-23-20(26)13-25-22(27)24-12-14-11-19-15-7-3-5-9-17(15)21(14)18-10-6-4-8-16(18)19/h3-10,14,19,21H,2,11-13H2,1H3,(H,23,26)(H2,24,25,27)/t14-,19?,21?/m1/s1. The molecule has 2 aromatic rings. The molecule has 2 aromatic carbocycles. The smallest absolute Gasteiger partial charge is 0.315 e. The first-order valence-corrected chi connectivity index (χ1v) is 9.65. The molecule has 1 atom stereocenters. The van der Waals surface area contributed by atoms with Gasteiger partial charge < -0.3 is 16.0 Å². The Bertz CT molecular complexity index is 817. The largest absolute Gasteiger partial charge is 0.355 e. The maximum absolute atomic E-state index is 12.1. The van der Waals surface area contributed by atoms with Crippen LogP contribution in [0.3, 0.4) is 0 Å². The summed E-state index contributed by atoms with van der Waals surface area (Å²) in [6.45, 7) is 3.02. The van der Waals surface area contributed by atoms with Crippen LogP contribution in [0.1, 0.15) is 47.4 Å². The molecule has 27 heavy (non-hydrogen) atoms. The highest BCUT2D eigenvalue weighted by molar-refractivity contribution is 5.83. The van der Waals surface area contributed by atoms with Gasteiger partial charge in [-0.3, -0.25) is 4.79 Å². The maximum Gasteiger partial charge on any atom is 0.315 e. The average molecular weight is 363 g/mol. The second kappa shape index (κ2) is 7.43. The van der Waals surface area contributed by atoms with Crippen molar-refractivity contribution in [1.29, 1.82) is 0 Å². The number of amides is 3. The van der Waals surface area contributed by atoms with Gasteiger partial charge in [-0.05, 0) is 41.5 Å². The number of hydrogen-bond acceptors (Lipinski definition) is 2. The number of likely N-dealkylation sites (N-methyl/N-ethyl adjacent to an activating group) is 1. The molecule has 0 unspecified atom stereocenters. The third kappa shape index (κ3) is 3.29. The Morgan fingerprint density at radius 1 is 0.889 bits per heavy atom. The Morgan fingerprint density at radius 3 is 2.07 bits per heavy atom. The van der Waals surface area contributed by atoms with E-state index in [2.05, 4.69) is 64.5 Å². The van der Waals surface area contributed by atoms with Crippen molar-refractivity contribution in [2.75, 3.05) is 19.6 Å². The fourth-order valence-corrected chi connectivity index (χ4v) is 4.67. The molecular weight excluding hydrogens is 338 g/mol. The number of carbonyl (C=O) groups excluding carboxylic acids is 2. The zero-order chi connectivity index (χ0) is 18.8. The van der Waals surface area contributed by atoms with Gasteiger partial charge in [0.2, 0.25) is 5.91 Å². The maximum atomic E-state index is 12.1. The van der Waals surface area contributed by atoms with E-state index in [0.717, 1.165) is 6.42 Å². The van der Waals surface area contributed by atoms with Gasteiger partial charge in [-0.2, -0.15) is 0 Å². The Balaban J connectivity index is 1.47. The van der Waals surface area contributed by atoms with Crippen molar-refractivity contribution in [2.24, 2.45) is 5.92 Å². The molecule has 0 spiro atoms. The van der Waals surface area contributed by atoms with Gasteiger partial charge in [0.05, 0.1) is 6.54 Å². The van der Waals surface area contributed by atoms with E-state index in [-0.39, 0.29) is 18.5 Å². The van der Waals surface area contributed by atoms with Gasteiger partial charge in [0.25, 0.3) is 0 Å². The van der Waals surface area contributed by atoms with Crippen LogP contribution in [0.5, 0.6) is 0 Å². The van der Waals surface area contributed by atoms with Crippen molar-refractivity contribution >= 4 is 11.9 Å². The summed E-state index contributed by atoms with van der Waals surface area (Å²) in [5, 5.41) is 8.26. The zero-order valence-corrected chi connectivity index (χ0v) is 15.5. The molecule has 3 aliphatic rings. The average Bonchev–Trinajstić information content (AvgIpc) is 2.71. The molecule has 5 heteroatoms. The first kappa shape index (κ1) is 17.6. The molecule has 0 saturated heterocycles. The molecule has 5 nitrogen and oxygen atoms in total. The topological polar surface area (TPSA) is 70.2 Å². The fourth-order valence-electron chi connectivity index (χ4n) is 4.67. The molecule has 3 N–H and O–H groups in total. The number of carbonyl (C=O) groups is 2. The zero-order valence-electron chi connectivity index (χ0n) is 15.5. The van der Waals surface area contributed by atoms with Gasteiger partial charge >= 0.3 is 6.03 Å². The van der Waals surface area contributed by atoms with Gasteiger partial charge in [-0.1, -0.05) is 48.5 Å². The molecule has 5 rings (SSSR count). The molecule has 0 aromatic heterocycles. The van der Waals surface area contributed by atoms with E-state index < -0.39 is 0 Å². The quantitative estimate of drug-likeness (QED) is 0.764. The van der Waals surface area contributed by atoms with E-state index in [4.69, 9.17) is 0 Å². The summed E-state index contributed by atoms with van der Waals surface area (Å²) in [6.07, 6.45) is 1.04. The van der Waals surface area contributed by atoms with Crippen LogP contribution in [0, 0.1) is 5.92 Å². The van der Waals surface area contributed by atoms with E-state index in [1.165, 1.54) is 22.3 Å². The van der Waals surface area contributed by atoms with Gasteiger partial charge in [0.1, 0.15) is 0 Å². The molecule has 2 bridgehead atoms. The normalized spacial score (nSPS) is 21.7. The Morgan fingerprint density at radius 2 is 1.48 bits per heavy atom. The lowest BCUT2D eigenvalue weighted by Crippen LogP contribution is -2.45. The lowest BCUT2D eigenvalue weighted by molar-refractivity contribution is -0.119. The fraction of sp³-hybridized carbons (Fsp3) is 0.364. The van der Waals surface area contributed by atoms with Gasteiger partial charge in [-0.15, -0.1) is 0 Å². The second-order valence-electron chi connectivity index (χ2n) is 7.30. The Kier molecular flexibility index (Phi) is 4.84. The van der Waals surface area contributed by atoms with Crippen LogP contribution < -0.4 is 16.0 Å². The lowest BCUT2D eigenvalue weighted by Gasteiger charge is -2.45. The molecule has 0 aliphatic heterocycles. The molecule has 0 heterocycles. The molecule has 3 aliphatic carbocycles. The van der Waals surface area contributed by atoms with E-state index in [1.54, 1.807) is 0 Å². The van der Waals surface area contributed by atoms with Crippen LogP contribution in [0.15, 0.2) is 48.5 Å². The molecule has 140 valence electrons. The van der Waals surface area contributed by atoms with Crippen LogP contribution in [-0.2, 0) is 4.79 Å². The predicted molar refractivity (Wildman–Crippen MR) is 105 cm³/mol. The number of benzene rings is 2. The van der Waals surface area contributed by atoms with Crippen molar-refractivity contribution < 1.29 is 9.59 Å². The monoisotopic (exact) mass is 363 g/mol. The molecule has 0 saturated carbocycles. The SMILES string of the molecule is CCNC(=O)CNC(=O)NC[C@H]1CC2c3ccccc3C1c1ccccc12. The summed E-state index contributed by atoms with van der Waals surface area (Å²) >= 11 is 0. The van der Waals surface area contributed by atoms with E-state index in [1.807, 2.05) is 6.92 Å². The number of urea groups is 1. The first-order valence-electron chi connectivity index (χ1n) is 9.65. The molecule has 3 amide bonds. The molecule has 0 fully saturated rings. The highest BCUT2D eigenvalue weighted by atomic mass is 16.2. The van der Waals surface area contributed by atoms with Crippen LogP contribution in [0.2, 0.25) is 0 Å². The minimum absolute atomic E-state index is 0.00204. The number of fused-ring (bicyclic) bond motifs is 1. The van der Waals surface area contributed by atoms with Crippen molar-refractivity contribution in [3.63, 3.8) is 0 Å². The van der Waals surface area contributed by atoms with Gasteiger partial charge in [0.15, 0.2) is 0 Å². The summed E-state index contributed by atoms with van der Waals surface area (Å²) in [6, 6.07) is 17.1. The number of rotatable bonds is 5. The van der Waals surface area contributed by atoms with Crippen LogP contribution in [0.25, 0.3) is 0 Å². The molecular formula is C22H25N3O2. The van der Waals surface area contributed by atoms with Crippen LogP contribution in [0.4, 0.5) is 4.79 Å². The van der Waals surface area contributed by atoms with Crippen LogP contribution >= 0.6 is 0 Å². The van der Waals surface area contributed by atoms with Gasteiger partial charge in [0, 0.05) is 24.9 Å². The third-order valence-corrected chi connectivity index (χ3v) is 5.73. The van der Waals surface area contributed by atoms with Crippen molar-refractivity contribution in [2.45, 2.75) is 25.2 Å². The predicted octanol–water partition coefficient (Wildman–Crippen LogP) is 2.72. The van der Waals surface area contributed by atoms with Crippen molar-refractivity contribution in [1.82, 2.24) is 16.0 Å². The van der Waals surface area contributed by atoms with E-state index >= 15 is 0 Å². The Hall–Kier alpha value is -2.82. The highest BCUT2D eigenvalue weighted by Gasteiger charge is 2.42. The van der Waals surface area contributed by atoms with Gasteiger partial charge in [-0.25, -0.2) is 4.79 Å². The summed E-state index contributed by atoms with van der Waals surface area (Å²) in [5.41, 5.74) is 5.64. The van der Waals surface area contributed by atoms with E-state index in [0.29, 0.717) is 30.8 Å². The van der Waals surface area contributed by atoms with Crippen molar-refractivity contribution in [3.05, 3.63) is 70.8 Å². The number of hydrogen-bond donors (Lipinski definition) is 3. The summed E-state index contributed by atoms with van der Waals surface area (Å²) in [5.74, 6) is 0.890. The first-order chi connectivity index (χ1) is 13.2. The van der Waals surface area contributed by atoms with E-state index in [9.17, 15) is 9.59 Å². The van der Waals surface area contributed by atoms with Crippen molar-refractivity contribution in [3.8, 4) is 0 Å². The summed E-state index contributed by atoms with van der Waals surface area (Å²) in [7, 11) is 0. The Labute approximate surface area is 159 Å². The highest BCUT2D eigenvalue weighted by Crippen LogP contribution is 2.54. The lowest BCUT2D eigenvalue weighted by atomic mass is 9.59. The second-order valence-corrected chi connectivity index (χ2v) is 7.30. The minimum atomic E-state index is -0.288. The third-order valence-electron chi connectivity index (χ3n) is 5.73. The minimum Gasteiger partial charge on any atom is -0.355 e.